The van der Waals surface area contributed by atoms with Crippen molar-refractivity contribution in [3.8, 4) is 0 Å². The average molecular weight is 526 g/mol. The first-order valence-electron chi connectivity index (χ1n) is 11.0. The van der Waals surface area contributed by atoms with Crippen LogP contribution in [0.25, 0.3) is 0 Å². The predicted octanol–water partition coefficient (Wildman–Crippen LogP) is 5.46. The smallest absolute Gasteiger partial charge is 0.242 e. The Balaban J connectivity index is 1.74. The molecule has 4 nitrogen and oxygen atoms in total. The predicted molar refractivity (Wildman–Crippen MR) is 140 cm³/mol. The molecule has 0 saturated carbocycles. The molecule has 3 aromatic carbocycles. The van der Waals surface area contributed by atoms with Crippen molar-refractivity contribution in [2.45, 2.75) is 31.2 Å². The summed E-state index contributed by atoms with van der Waals surface area (Å²) in [5.41, 5.74) is 3.26. The van der Waals surface area contributed by atoms with Gasteiger partial charge in [-0.3, -0.25) is 9.59 Å². The van der Waals surface area contributed by atoms with Crippen LogP contribution in [-0.2, 0) is 28.3 Å². The summed E-state index contributed by atoms with van der Waals surface area (Å²) in [6.07, 6.45) is 0.857. The summed E-state index contributed by atoms with van der Waals surface area (Å²) in [4.78, 5) is 28.0. The highest BCUT2D eigenvalue weighted by Crippen LogP contribution is 2.19. The van der Waals surface area contributed by atoms with Crippen LogP contribution in [0.2, 0.25) is 0 Å². The second kappa shape index (κ2) is 13.2. The molecule has 0 aromatic heterocycles. The molecule has 0 bridgehead atoms. The van der Waals surface area contributed by atoms with Gasteiger partial charge in [0.05, 0.1) is 0 Å². The molecule has 0 aliphatic rings. The van der Waals surface area contributed by atoms with E-state index in [2.05, 4.69) is 33.4 Å². The van der Waals surface area contributed by atoms with Gasteiger partial charge in [-0.2, -0.15) is 11.8 Å². The van der Waals surface area contributed by atoms with Gasteiger partial charge in [-0.15, -0.1) is 0 Å². The summed E-state index contributed by atoms with van der Waals surface area (Å²) in [6, 6.07) is 27.4. The summed E-state index contributed by atoms with van der Waals surface area (Å²) in [6.45, 7) is 0.389. The molecule has 0 saturated heterocycles. The monoisotopic (exact) mass is 524 g/mol. The van der Waals surface area contributed by atoms with E-state index < -0.39 is 6.04 Å². The van der Waals surface area contributed by atoms with Gasteiger partial charge < -0.3 is 10.2 Å². The van der Waals surface area contributed by atoms with Crippen LogP contribution in [0.4, 0.5) is 0 Å². The van der Waals surface area contributed by atoms with E-state index in [4.69, 9.17) is 0 Å². The lowest BCUT2D eigenvalue weighted by Crippen LogP contribution is -2.49. The highest BCUT2D eigenvalue weighted by molar-refractivity contribution is 9.10. The number of hydrogen-bond acceptors (Lipinski definition) is 3. The minimum atomic E-state index is -0.576. The van der Waals surface area contributed by atoms with Crippen molar-refractivity contribution in [2.75, 3.05) is 12.8 Å². The Labute approximate surface area is 208 Å². The van der Waals surface area contributed by atoms with E-state index in [-0.39, 0.29) is 11.8 Å². The molecule has 33 heavy (non-hydrogen) atoms. The molecule has 0 radical (unpaired) electrons. The number of halogens is 1. The zero-order valence-corrected chi connectivity index (χ0v) is 21.1. The van der Waals surface area contributed by atoms with Crippen molar-refractivity contribution in [2.24, 2.45) is 0 Å². The van der Waals surface area contributed by atoms with Gasteiger partial charge in [0, 0.05) is 42.4 Å². The summed E-state index contributed by atoms with van der Waals surface area (Å²) in [5, 5.41) is 2.76. The zero-order chi connectivity index (χ0) is 23.5. The minimum absolute atomic E-state index is 0.0111. The number of hydrogen-bond donors (Lipinski definition) is 1. The lowest BCUT2D eigenvalue weighted by atomic mass is 10.0. The first kappa shape index (κ1) is 25.1. The maximum atomic E-state index is 13.4. The van der Waals surface area contributed by atoms with Gasteiger partial charge in [-0.05, 0) is 28.8 Å². The van der Waals surface area contributed by atoms with Crippen LogP contribution in [0.5, 0.6) is 0 Å². The lowest BCUT2D eigenvalue weighted by molar-refractivity contribution is -0.140. The summed E-state index contributed by atoms with van der Waals surface area (Å²) in [7, 11) is 1.62. The number of nitrogens with one attached hydrogen (secondary N) is 1. The van der Waals surface area contributed by atoms with E-state index in [1.807, 2.05) is 72.8 Å². The third kappa shape index (κ3) is 8.06. The van der Waals surface area contributed by atoms with Crippen LogP contribution < -0.4 is 5.32 Å². The van der Waals surface area contributed by atoms with Gasteiger partial charge >= 0.3 is 0 Å². The topological polar surface area (TPSA) is 49.4 Å². The fourth-order valence-electron chi connectivity index (χ4n) is 3.57. The first-order chi connectivity index (χ1) is 16.1. The van der Waals surface area contributed by atoms with E-state index in [1.54, 1.807) is 23.7 Å². The van der Waals surface area contributed by atoms with Crippen molar-refractivity contribution in [1.82, 2.24) is 10.2 Å². The highest BCUT2D eigenvalue weighted by atomic mass is 79.9. The van der Waals surface area contributed by atoms with Gasteiger partial charge in [0.1, 0.15) is 6.04 Å². The Morgan fingerprint density at radius 3 is 2.09 bits per heavy atom. The molecule has 0 aliphatic carbocycles. The maximum Gasteiger partial charge on any atom is 0.242 e. The molecule has 3 aromatic rings. The Morgan fingerprint density at radius 2 is 1.48 bits per heavy atom. The van der Waals surface area contributed by atoms with Crippen molar-refractivity contribution in [3.05, 3.63) is 106 Å². The van der Waals surface area contributed by atoms with E-state index in [9.17, 15) is 9.59 Å². The Bertz CT molecular complexity index is 1010. The number of thioether (sulfide) groups is 1. The van der Waals surface area contributed by atoms with Crippen LogP contribution in [-0.4, -0.2) is 35.6 Å². The van der Waals surface area contributed by atoms with Gasteiger partial charge in [0.25, 0.3) is 0 Å². The van der Waals surface area contributed by atoms with Gasteiger partial charge in [0.15, 0.2) is 0 Å². The number of carbonyl (C=O) groups excluding carboxylic acids is 2. The van der Waals surface area contributed by atoms with E-state index in [0.717, 1.165) is 21.4 Å². The van der Waals surface area contributed by atoms with Crippen molar-refractivity contribution in [1.29, 1.82) is 0 Å². The van der Waals surface area contributed by atoms with Crippen LogP contribution in [0.3, 0.4) is 0 Å². The van der Waals surface area contributed by atoms with E-state index >= 15 is 0 Å². The molecule has 6 heteroatoms. The molecule has 1 unspecified atom stereocenters. The average Bonchev–Trinajstić information content (AvgIpc) is 2.86. The highest BCUT2D eigenvalue weighted by Gasteiger charge is 2.29. The second-order valence-electron chi connectivity index (χ2n) is 7.76. The second-order valence-corrected chi connectivity index (χ2v) is 9.78. The van der Waals surface area contributed by atoms with Gasteiger partial charge in [-0.1, -0.05) is 88.7 Å². The number of nitrogens with zero attached hydrogens (tertiary/aromatic N) is 1. The number of likely N-dealkylation sites (N-methyl/N-ethyl adjacent to an activating group) is 1. The lowest BCUT2D eigenvalue weighted by Gasteiger charge is -2.31. The molecular weight excluding hydrogens is 496 g/mol. The Morgan fingerprint density at radius 1 is 0.879 bits per heavy atom. The molecule has 3 rings (SSSR count). The molecule has 0 heterocycles. The van der Waals surface area contributed by atoms with Crippen molar-refractivity contribution in [3.63, 3.8) is 0 Å². The molecule has 0 fully saturated rings. The van der Waals surface area contributed by atoms with Crippen molar-refractivity contribution >= 4 is 39.5 Å². The molecular formula is C27H29BrN2O2S. The third-order valence-electron chi connectivity index (χ3n) is 5.36. The van der Waals surface area contributed by atoms with Gasteiger partial charge in [0.2, 0.25) is 11.8 Å². The fraction of sp³-hybridized carbons (Fsp3) is 0.259. The Kier molecular flexibility index (Phi) is 10.0. The molecule has 1 atom stereocenters. The number of benzene rings is 3. The molecule has 172 valence electrons. The van der Waals surface area contributed by atoms with Crippen LogP contribution >= 0.6 is 27.7 Å². The van der Waals surface area contributed by atoms with Crippen molar-refractivity contribution < 1.29 is 9.59 Å². The van der Waals surface area contributed by atoms with Crippen LogP contribution in [0.1, 0.15) is 23.1 Å². The fourth-order valence-corrected chi connectivity index (χ4v) is 4.73. The minimum Gasteiger partial charge on any atom is -0.357 e. The zero-order valence-electron chi connectivity index (χ0n) is 18.7. The maximum absolute atomic E-state index is 13.4. The van der Waals surface area contributed by atoms with Crippen LogP contribution in [0.15, 0.2) is 89.4 Å². The number of carbonyl (C=O) groups is 2. The van der Waals surface area contributed by atoms with E-state index in [1.165, 1.54) is 5.56 Å². The van der Waals surface area contributed by atoms with E-state index in [0.29, 0.717) is 25.1 Å². The SMILES string of the molecule is CNC(=O)C(Cc1ccccc1)N(Cc1ccc(Br)cc1)C(=O)CCSCc1ccccc1. The summed E-state index contributed by atoms with van der Waals surface area (Å²) >= 11 is 5.20. The largest absolute Gasteiger partial charge is 0.357 e. The summed E-state index contributed by atoms with van der Waals surface area (Å²) < 4.78 is 0.980. The number of rotatable bonds is 11. The molecule has 1 N–H and O–H groups in total. The third-order valence-corrected chi connectivity index (χ3v) is 6.91. The summed E-state index contributed by atoms with van der Waals surface area (Å²) in [5.74, 6) is 1.41. The quantitative estimate of drug-likeness (QED) is 0.339. The molecule has 2 amide bonds. The first-order valence-corrected chi connectivity index (χ1v) is 12.9. The Hall–Kier alpha value is -2.57. The number of amides is 2. The normalized spacial score (nSPS) is 11.6. The molecule has 0 aliphatic heterocycles. The van der Waals surface area contributed by atoms with Gasteiger partial charge in [-0.25, -0.2) is 0 Å². The molecule has 0 spiro atoms. The van der Waals surface area contributed by atoms with Crippen LogP contribution in [0, 0.1) is 0 Å². The standard InChI is InChI=1S/C27H29BrN2O2S/c1-29-27(32)25(18-21-8-4-2-5-9-21)30(19-22-12-14-24(28)15-13-22)26(31)16-17-33-20-23-10-6-3-7-11-23/h2-15,25H,16-20H2,1H3,(H,29,32).